The second-order valence-corrected chi connectivity index (χ2v) is 15.2. The number of rotatable bonds is 8. The first-order valence-electron chi connectivity index (χ1n) is 14.9. The van der Waals surface area contributed by atoms with Crippen molar-refractivity contribution >= 4 is 27.8 Å². The highest BCUT2D eigenvalue weighted by Crippen LogP contribution is 2.47. The number of aromatic nitrogens is 1. The van der Waals surface area contributed by atoms with Gasteiger partial charge in [0.25, 0.3) is 15.9 Å². The Labute approximate surface area is 256 Å². The number of nitrogens with one attached hydrogen (secondary N) is 2. The maximum absolute atomic E-state index is 13.8. The fourth-order valence-electron chi connectivity index (χ4n) is 5.70. The summed E-state index contributed by atoms with van der Waals surface area (Å²) in [6.45, 7) is 9.80. The fourth-order valence-corrected chi connectivity index (χ4v) is 6.71. The Morgan fingerprint density at radius 1 is 1.05 bits per heavy atom. The van der Waals surface area contributed by atoms with Crippen LogP contribution in [0.1, 0.15) is 83.3 Å². The number of alkyl carbamates (subject to hydrolysis) is 1. The molecule has 44 heavy (non-hydrogen) atoms. The molecule has 2 N–H and O–H groups in total. The number of ether oxygens (including phenoxy) is 2. The van der Waals surface area contributed by atoms with Crippen LogP contribution in [0.4, 0.5) is 19.4 Å². The largest absolute Gasteiger partial charge is 0.477 e. The molecule has 1 aliphatic heterocycles. The molecule has 240 valence electrons. The van der Waals surface area contributed by atoms with Gasteiger partial charge < -0.3 is 19.7 Å². The Hall–Kier alpha value is -3.48. The van der Waals surface area contributed by atoms with E-state index in [4.69, 9.17) is 9.47 Å². The van der Waals surface area contributed by atoms with Crippen LogP contribution < -0.4 is 19.7 Å². The molecule has 2 aliphatic carbocycles. The highest BCUT2D eigenvalue weighted by molar-refractivity contribution is 7.90. The molecule has 1 aromatic heterocycles. The van der Waals surface area contributed by atoms with Gasteiger partial charge in [0, 0.05) is 38.8 Å². The maximum Gasteiger partial charge on any atom is 0.408 e. The number of pyridine rings is 1. The third kappa shape index (κ3) is 7.24. The van der Waals surface area contributed by atoms with E-state index in [9.17, 15) is 26.8 Å². The van der Waals surface area contributed by atoms with Gasteiger partial charge in [-0.3, -0.25) is 4.79 Å². The van der Waals surface area contributed by atoms with Crippen molar-refractivity contribution in [1.29, 1.82) is 0 Å². The molecule has 10 nitrogen and oxygen atoms in total. The number of sulfonamides is 1. The zero-order valence-corrected chi connectivity index (χ0v) is 26.5. The molecule has 3 aliphatic rings. The first-order chi connectivity index (χ1) is 20.4. The molecule has 2 aromatic rings. The molecule has 2 heterocycles. The van der Waals surface area contributed by atoms with Crippen LogP contribution in [0.3, 0.4) is 0 Å². The van der Waals surface area contributed by atoms with Crippen LogP contribution in [0.2, 0.25) is 0 Å². The van der Waals surface area contributed by atoms with Gasteiger partial charge in [0.15, 0.2) is 10.6 Å². The first kappa shape index (κ1) is 31.9. The SMILES string of the molecule is Cc1ccc(C2CCC(F)(F)CC2)c(OC2(C(=O)NS(=O)(=O)c3cccc(N4CC(C)(NC(=O)OC(C)(C)C)C4)n3)CC2)c1. The first-order valence-corrected chi connectivity index (χ1v) is 16.3. The summed E-state index contributed by atoms with van der Waals surface area (Å²) in [4.78, 5) is 31.7. The van der Waals surface area contributed by atoms with Crippen molar-refractivity contribution in [3.8, 4) is 5.75 Å². The van der Waals surface area contributed by atoms with Crippen molar-refractivity contribution < 1.29 is 36.3 Å². The lowest BCUT2D eigenvalue weighted by atomic mass is 9.81. The normalized spacial score (nSPS) is 20.7. The fraction of sp³-hybridized carbons (Fsp3) is 0.581. The summed E-state index contributed by atoms with van der Waals surface area (Å²) in [6.07, 6.45) is 0.269. The van der Waals surface area contributed by atoms with Crippen molar-refractivity contribution in [1.82, 2.24) is 15.0 Å². The summed E-state index contributed by atoms with van der Waals surface area (Å²) in [5.74, 6) is -2.81. The number of carbonyl (C=O) groups is 2. The minimum absolute atomic E-state index is 0.137. The number of aryl methyl sites for hydroxylation is 1. The Morgan fingerprint density at radius 2 is 1.70 bits per heavy atom. The van der Waals surface area contributed by atoms with Crippen molar-refractivity contribution in [2.75, 3.05) is 18.0 Å². The van der Waals surface area contributed by atoms with E-state index < -0.39 is 44.7 Å². The van der Waals surface area contributed by atoms with Crippen LogP contribution in [0.25, 0.3) is 0 Å². The Morgan fingerprint density at radius 3 is 2.32 bits per heavy atom. The number of halogens is 2. The van der Waals surface area contributed by atoms with E-state index in [2.05, 4.69) is 15.0 Å². The van der Waals surface area contributed by atoms with E-state index in [1.807, 2.05) is 30.9 Å². The van der Waals surface area contributed by atoms with E-state index in [-0.39, 0.29) is 23.8 Å². The molecule has 0 bridgehead atoms. The van der Waals surface area contributed by atoms with Crippen LogP contribution in [-0.4, -0.2) is 61.2 Å². The zero-order chi connectivity index (χ0) is 32.1. The van der Waals surface area contributed by atoms with Crippen molar-refractivity contribution in [2.45, 2.75) is 107 Å². The van der Waals surface area contributed by atoms with Crippen LogP contribution in [0.5, 0.6) is 5.75 Å². The van der Waals surface area contributed by atoms with Crippen LogP contribution in [-0.2, 0) is 19.6 Å². The number of anilines is 1. The summed E-state index contributed by atoms with van der Waals surface area (Å²) in [7, 11) is -4.35. The smallest absolute Gasteiger partial charge is 0.408 e. The lowest BCUT2D eigenvalue weighted by molar-refractivity contribution is -0.128. The van der Waals surface area contributed by atoms with Gasteiger partial charge in [0.05, 0.1) is 5.54 Å². The molecule has 1 aromatic carbocycles. The van der Waals surface area contributed by atoms with E-state index in [0.29, 0.717) is 50.3 Å². The Kier molecular flexibility index (Phi) is 8.09. The van der Waals surface area contributed by atoms with Gasteiger partial charge in [-0.2, -0.15) is 8.42 Å². The molecule has 1 saturated heterocycles. The maximum atomic E-state index is 13.8. The number of carbonyl (C=O) groups excluding carboxylic acids is 2. The number of hydrogen-bond donors (Lipinski definition) is 2. The zero-order valence-electron chi connectivity index (χ0n) is 25.7. The molecule has 0 unspecified atom stereocenters. The third-order valence-corrected chi connectivity index (χ3v) is 9.40. The number of hydrogen-bond acceptors (Lipinski definition) is 8. The predicted molar refractivity (Wildman–Crippen MR) is 159 cm³/mol. The highest BCUT2D eigenvalue weighted by Gasteiger charge is 2.55. The van der Waals surface area contributed by atoms with Gasteiger partial charge in [-0.25, -0.2) is 23.3 Å². The molecule has 0 atom stereocenters. The molecule has 0 radical (unpaired) electrons. The van der Waals surface area contributed by atoms with E-state index in [1.165, 1.54) is 12.1 Å². The summed E-state index contributed by atoms with van der Waals surface area (Å²) < 4.78 is 67.8. The van der Waals surface area contributed by atoms with E-state index in [0.717, 1.165) is 11.1 Å². The second kappa shape index (κ2) is 11.1. The van der Waals surface area contributed by atoms with Gasteiger partial charge in [-0.15, -0.1) is 0 Å². The number of benzene rings is 1. The van der Waals surface area contributed by atoms with Gasteiger partial charge >= 0.3 is 6.09 Å². The summed E-state index contributed by atoms with van der Waals surface area (Å²) in [5, 5.41) is 2.52. The molecular weight excluding hydrogens is 594 g/mol. The minimum atomic E-state index is -4.35. The van der Waals surface area contributed by atoms with Crippen molar-refractivity contribution in [3.05, 3.63) is 47.5 Å². The van der Waals surface area contributed by atoms with Crippen LogP contribution in [0.15, 0.2) is 41.4 Å². The molecule has 13 heteroatoms. The Bertz CT molecular complexity index is 1540. The molecule has 3 fully saturated rings. The molecular formula is C31H40F2N4O6S. The molecule has 2 amide bonds. The summed E-state index contributed by atoms with van der Waals surface area (Å²) >= 11 is 0. The topological polar surface area (TPSA) is 127 Å². The third-order valence-electron chi connectivity index (χ3n) is 8.17. The quantitative estimate of drug-likeness (QED) is 0.406. The number of amides is 2. The average molecular weight is 635 g/mol. The van der Waals surface area contributed by atoms with Gasteiger partial charge in [0.1, 0.15) is 17.2 Å². The molecule has 2 saturated carbocycles. The van der Waals surface area contributed by atoms with Crippen molar-refractivity contribution in [2.24, 2.45) is 0 Å². The Balaban J connectivity index is 1.24. The number of nitrogens with zero attached hydrogens (tertiary/aromatic N) is 2. The molecule has 5 rings (SSSR count). The number of alkyl halides is 2. The van der Waals surface area contributed by atoms with E-state index in [1.54, 1.807) is 32.9 Å². The summed E-state index contributed by atoms with van der Waals surface area (Å²) in [5.41, 5.74) is -0.974. The predicted octanol–water partition coefficient (Wildman–Crippen LogP) is 5.20. The lowest BCUT2D eigenvalue weighted by Crippen LogP contribution is -2.69. The lowest BCUT2D eigenvalue weighted by Gasteiger charge is -2.48. The van der Waals surface area contributed by atoms with Gasteiger partial charge in [-0.1, -0.05) is 18.2 Å². The van der Waals surface area contributed by atoms with Gasteiger partial charge in [0.2, 0.25) is 5.92 Å². The van der Waals surface area contributed by atoms with Gasteiger partial charge in [-0.05, 0) is 82.7 Å². The second-order valence-electron chi connectivity index (χ2n) is 13.6. The van der Waals surface area contributed by atoms with Crippen molar-refractivity contribution in [3.63, 3.8) is 0 Å². The average Bonchev–Trinajstić information content (AvgIpc) is 3.67. The monoisotopic (exact) mass is 634 g/mol. The van der Waals surface area contributed by atoms with E-state index >= 15 is 0 Å². The van der Waals surface area contributed by atoms with Crippen LogP contribution in [0, 0.1) is 6.92 Å². The van der Waals surface area contributed by atoms with Crippen LogP contribution >= 0.6 is 0 Å². The standard InChI is InChI=1S/C31H40F2N4O6S/c1-20-9-10-22(21-11-13-31(32,33)14-12-21)23(17-20)42-30(15-16-30)26(38)36-44(40,41)25-8-6-7-24(34-25)37-18-29(5,19-37)35-27(39)43-28(2,3)4/h6-10,17,21H,11-16,18-19H2,1-5H3,(H,35,39)(H,36,38). The highest BCUT2D eigenvalue weighted by atomic mass is 32.2. The summed E-state index contributed by atoms with van der Waals surface area (Å²) in [6, 6.07) is 9.99. The minimum Gasteiger partial charge on any atom is -0.477 e. The molecule has 0 spiro atoms.